The molecule has 1 aromatic rings. The van der Waals surface area contributed by atoms with Crippen LogP contribution in [0.1, 0.15) is 12.0 Å². The molecule has 0 saturated carbocycles. The molecule has 3 rings (SSSR count). The van der Waals surface area contributed by atoms with E-state index >= 15 is 0 Å². The molecule has 0 aliphatic carbocycles. The lowest BCUT2D eigenvalue weighted by molar-refractivity contribution is -0.00221. The van der Waals surface area contributed by atoms with Gasteiger partial charge in [-0.3, -0.25) is 0 Å². The predicted molar refractivity (Wildman–Crippen MR) is 63.0 cm³/mol. The van der Waals surface area contributed by atoms with Crippen LogP contribution in [-0.2, 0) is 9.57 Å². The van der Waals surface area contributed by atoms with E-state index in [1.165, 1.54) is 0 Å². The summed E-state index contributed by atoms with van der Waals surface area (Å²) in [7, 11) is 1.65. The van der Waals surface area contributed by atoms with Gasteiger partial charge in [-0.2, -0.15) is 0 Å². The number of hydrogen-bond acceptors (Lipinski definition) is 4. The maximum atomic E-state index is 5.44. The first kappa shape index (κ1) is 10.2. The molecule has 0 bridgehead atoms. The minimum absolute atomic E-state index is 0.0306. The first-order chi connectivity index (χ1) is 8.36. The summed E-state index contributed by atoms with van der Waals surface area (Å²) in [5, 5.41) is 4.14. The van der Waals surface area contributed by atoms with E-state index in [0.29, 0.717) is 0 Å². The van der Waals surface area contributed by atoms with Crippen LogP contribution in [0.5, 0.6) is 5.75 Å². The maximum Gasteiger partial charge on any atom is 0.185 e. The molecule has 0 aromatic heterocycles. The molecule has 2 atom stereocenters. The number of nitrogens with zero attached hydrogens (tertiary/aromatic N) is 1. The Bertz CT molecular complexity index is 464. The van der Waals surface area contributed by atoms with Crippen molar-refractivity contribution in [2.24, 2.45) is 5.16 Å². The van der Waals surface area contributed by atoms with E-state index in [1.54, 1.807) is 13.4 Å². The molecule has 0 saturated heterocycles. The van der Waals surface area contributed by atoms with Gasteiger partial charge in [0.2, 0.25) is 0 Å². The number of hydrogen-bond donors (Lipinski definition) is 0. The number of fused-ring (bicyclic) bond motifs is 1. The molecular weight excluding hydrogens is 218 g/mol. The van der Waals surface area contributed by atoms with E-state index in [1.807, 2.05) is 30.3 Å². The standard InChI is InChI=1S/C13H13NO3/c1-15-10-4-2-9(3-5-10)11-8-13-12(17-14-11)6-7-16-13/h2-7,12-13H,8H2,1H3. The van der Waals surface area contributed by atoms with Crippen molar-refractivity contribution in [3.05, 3.63) is 42.2 Å². The minimum atomic E-state index is -0.0306. The molecule has 4 nitrogen and oxygen atoms in total. The normalized spacial score (nSPS) is 25.6. The average Bonchev–Trinajstić information content (AvgIpc) is 2.86. The zero-order valence-electron chi connectivity index (χ0n) is 9.50. The molecule has 0 amide bonds. The van der Waals surface area contributed by atoms with Crippen LogP contribution in [0.4, 0.5) is 0 Å². The fraction of sp³-hybridized carbons (Fsp3) is 0.308. The summed E-state index contributed by atoms with van der Waals surface area (Å²) in [6.45, 7) is 0. The molecule has 0 fully saturated rings. The molecule has 2 heterocycles. The topological polar surface area (TPSA) is 40.0 Å². The SMILES string of the molecule is COc1ccc(C2=NOC3C=COC3C2)cc1. The molecule has 0 radical (unpaired) electrons. The van der Waals surface area contributed by atoms with Gasteiger partial charge in [0, 0.05) is 6.42 Å². The van der Waals surface area contributed by atoms with Gasteiger partial charge in [-0.25, -0.2) is 0 Å². The van der Waals surface area contributed by atoms with Crippen molar-refractivity contribution in [1.29, 1.82) is 0 Å². The third-order valence-electron chi connectivity index (χ3n) is 2.99. The van der Waals surface area contributed by atoms with Gasteiger partial charge in [0.15, 0.2) is 6.10 Å². The number of benzene rings is 1. The van der Waals surface area contributed by atoms with Crippen molar-refractivity contribution in [3.63, 3.8) is 0 Å². The lowest BCUT2D eigenvalue weighted by atomic mass is 10.0. The first-order valence-electron chi connectivity index (χ1n) is 5.56. The molecule has 2 aliphatic rings. The van der Waals surface area contributed by atoms with Crippen LogP contribution in [0.3, 0.4) is 0 Å². The Kier molecular flexibility index (Phi) is 2.48. The van der Waals surface area contributed by atoms with Crippen molar-refractivity contribution in [3.8, 4) is 5.75 Å². The van der Waals surface area contributed by atoms with Gasteiger partial charge < -0.3 is 14.3 Å². The van der Waals surface area contributed by atoms with Gasteiger partial charge in [0.25, 0.3) is 0 Å². The molecule has 0 N–H and O–H groups in total. The Hall–Kier alpha value is -1.97. The second-order valence-electron chi connectivity index (χ2n) is 4.04. The molecule has 17 heavy (non-hydrogen) atoms. The van der Waals surface area contributed by atoms with Crippen LogP contribution in [0.2, 0.25) is 0 Å². The Labute approximate surface area is 99.5 Å². The summed E-state index contributed by atoms with van der Waals surface area (Å²) in [6, 6.07) is 7.78. The number of oxime groups is 1. The first-order valence-corrected chi connectivity index (χ1v) is 5.56. The summed E-state index contributed by atoms with van der Waals surface area (Å²) >= 11 is 0. The van der Waals surface area contributed by atoms with E-state index in [4.69, 9.17) is 14.3 Å². The van der Waals surface area contributed by atoms with Gasteiger partial charge in [-0.1, -0.05) is 5.16 Å². The zero-order valence-corrected chi connectivity index (χ0v) is 9.50. The highest BCUT2D eigenvalue weighted by Gasteiger charge is 2.32. The zero-order chi connectivity index (χ0) is 11.7. The summed E-state index contributed by atoms with van der Waals surface area (Å²) in [6.07, 6.45) is 4.37. The molecule has 2 unspecified atom stereocenters. The van der Waals surface area contributed by atoms with Gasteiger partial charge >= 0.3 is 0 Å². The van der Waals surface area contributed by atoms with Crippen molar-refractivity contribution in [1.82, 2.24) is 0 Å². The third-order valence-corrected chi connectivity index (χ3v) is 2.99. The highest BCUT2D eigenvalue weighted by atomic mass is 16.7. The second kappa shape index (κ2) is 4.13. The number of rotatable bonds is 2. The summed E-state index contributed by atoms with van der Waals surface area (Å²) in [5.41, 5.74) is 1.96. The van der Waals surface area contributed by atoms with E-state index in [2.05, 4.69) is 5.16 Å². The van der Waals surface area contributed by atoms with Gasteiger partial charge in [-0.05, 0) is 35.9 Å². The van der Waals surface area contributed by atoms with E-state index in [9.17, 15) is 0 Å². The average molecular weight is 231 g/mol. The van der Waals surface area contributed by atoms with Crippen LogP contribution in [-0.4, -0.2) is 25.0 Å². The molecule has 2 aliphatic heterocycles. The predicted octanol–water partition coefficient (Wildman–Crippen LogP) is 2.10. The monoisotopic (exact) mass is 231 g/mol. The van der Waals surface area contributed by atoms with E-state index in [-0.39, 0.29) is 12.2 Å². The maximum absolute atomic E-state index is 5.44. The highest BCUT2D eigenvalue weighted by Crippen LogP contribution is 2.25. The third kappa shape index (κ3) is 1.86. The van der Waals surface area contributed by atoms with Crippen molar-refractivity contribution in [2.75, 3.05) is 7.11 Å². The fourth-order valence-corrected chi connectivity index (χ4v) is 2.00. The number of methoxy groups -OCH3 is 1. The Morgan fingerprint density at radius 1 is 1.29 bits per heavy atom. The molecule has 1 aromatic carbocycles. The Balaban J connectivity index is 1.80. The molecule has 88 valence electrons. The van der Waals surface area contributed by atoms with Crippen molar-refractivity contribution < 1.29 is 14.3 Å². The van der Waals surface area contributed by atoms with Gasteiger partial charge in [-0.15, -0.1) is 0 Å². The summed E-state index contributed by atoms with van der Waals surface area (Å²) in [5.74, 6) is 0.836. The van der Waals surface area contributed by atoms with Crippen LogP contribution < -0.4 is 4.74 Å². The quantitative estimate of drug-likeness (QED) is 0.782. The van der Waals surface area contributed by atoms with Crippen LogP contribution in [0.15, 0.2) is 41.8 Å². The van der Waals surface area contributed by atoms with E-state index < -0.39 is 0 Å². The second-order valence-corrected chi connectivity index (χ2v) is 4.04. The molecular formula is C13H13NO3. The van der Waals surface area contributed by atoms with Crippen LogP contribution in [0.25, 0.3) is 0 Å². The van der Waals surface area contributed by atoms with Crippen LogP contribution in [0, 0.1) is 0 Å². The van der Waals surface area contributed by atoms with Crippen molar-refractivity contribution in [2.45, 2.75) is 18.6 Å². The smallest absolute Gasteiger partial charge is 0.185 e. The number of ether oxygens (including phenoxy) is 2. The lowest BCUT2D eigenvalue weighted by Crippen LogP contribution is -2.31. The van der Waals surface area contributed by atoms with Gasteiger partial charge in [0.05, 0.1) is 19.1 Å². The minimum Gasteiger partial charge on any atom is -0.497 e. The largest absolute Gasteiger partial charge is 0.497 e. The summed E-state index contributed by atoms with van der Waals surface area (Å²) < 4.78 is 10.6. The lowest BCUT2D eigenvalue weighted by Gasteiger charge is -2.23. The van der Waals surface area contributed by atoms with Crippen LogP contribution >= 0.6 is 0 Å². The molecule has 0 spiro atoms. The fourth-order valence-electron chi connectivity index (χ4n) is 2.00. The Morgan fingerprint density at radius 3 is 2.88 bits per heavy atom. The Morgan fingerprint density at radius 2 is 2.12 bits per heavy atom. The van der Waals surface area contributed by atoms with Gasteiger partial charge in [0.1, 0.15) is 11.9 Å². The molecule has 4 heteroatoms. The summed E-state index contributed by atoms with van der Waals surface area (Å²) in [4.78, 5) is 5.37. The van der Waals surface area contributed by atoms with E-state index in [0.717, 1.165) is 23.4 Å². The highest BCUT2D eigenvalue weighted by molar-refractivity contribution is 6.01. The van der Waals surface area contributed by atoms with Crippen molar-refractivity contribution >= 4 is 5.71 Å².